The lowest BCUT2D eigenvalue weighted by atomic mass is 10.3. The highest BCUT2D eigenvalue weighted by Crippen LogP contribution is 2.23. The molecule has 0 aliphatic heterocycles. The van der Waals surface area contributed by atoms with Crippen LogP contribution in [0.5, 0.6) is 5.75 Å². The first-order valence-electron chi connectivity index (χ1n) is 6.99. The van der Waals surface area contributed by atoms with Crippen LogP contribution in [0.3, 0.4) is 0 Å². The van der Waals surface area contributed by atoms with Crippen molar-refractivity contribution in [1.29, 1.82) is 0 Å². The van der Waals surface area contributed by atoms with Crippen LogP contribution >= 0.6 is 0 Å². The lowest BCUT2D eigenvalue weighted by molar-refractivity contribution is -0.137. The van der Waals surface area contributed by atoms with Gasteiger partial charge in [0.15, 0.2) is 0 Å². The topological polar surface area (TPSA) is 64.4 Å². The van der Waals surface area contributed by atoms with Crippen LogP contribution in [-0.4, -0.2) is 26.7 Å². The van der Waals surface area contributed by atoms with E-state index in [9.17, 15) is 4.79 Å². The van der Waals surface area contributed by atoms with Crippen LogP contribution < -0.4 is 4.74 Å². The minimum absolute atomic E-state index is 0.0653. The number of aromatic nitrogens is 2. The van der Waals surface area contributed by atoms with Gasteiger partial charge in [0.2, 0.25) is 0 Å². The van der Waals surface area contributed by atoms with E-state index in [2.05, 4.69) is 11.6 Å². The van der Waals surface area contributed by atoms with Gasteiger partial charge in [-0.15, -0.1) is 6.58 Å². The Morgan fingerprint density at radius 1 is 1.52 bits per heavy atom. The second-order valence-electron chi connectivity index (χ2n) is 5.14. The molecule has 0 saturated heterocycles. The molecule has 0 radical (unpaired) electrons. The molecule has 112 valence electrons. The Bertz CT molecular complexity index is 659. The van der Waals surface area contributed by atoms with Gasteiger partial charge in [-0.1, -0.05) is 6.08 Å². The van der Waals surface area contributed by atoms with E-state index in [1.165, 1.54) is 0 Å². The normalized spacial score (nSPS) is 11.0. The molecule has 1 N–H and O–H groups in total. The predicted molar refractivity (Wildman–Crippen MR) is 81.7 cm³/mol. The Labute approximate surface area is 123 Å². The summed E-state index contributed by atoms with van der Waals surface area (Å²) in [6.45, 7) is 8.30. The highest BCUT2D eigenvalue weighted by molar-refractivity contribution is 5.78. The number of aryl methyl sites for hydroxylation is 1. The Kier molecular flexibility index (Phi) is 4.62. The number of nitrogens with zero attached hydrogens (tertiary/aromatic N) is 2. The molecule has 1 aromatic heterocycles. The molecule has 1 heterocycles. The van der Waals surface area contributed by atoms with E-state index >= 15 is 0 Å². The summed E-state index contributed by atoms with van der Waals surface area (Å²) in [5.74, 6) is 0.704. The number of allylic oxidation sites excluding steroid dienone is 1. The number of fused-ring (bicyclic) bond motifs is 1. The molecule has 0 aliphatic carbocycles. The minimum atomic E-state index is -0.823. The van der Waals surface area contributed by atoms with Crippen LogP contribution in [0.15, 0.2) is 30.9 Å². The summed E-state index contributed by atoms with van der Waals surface area (Å²) in [4.78, 5) is 15.3. The molecule has 0 fully saturated rings. The molecule has 5 heteroatoms. The van der Waals surface area contributed by atoms with Gasteiger partial charge in [0, 0.05) is 19.0 Å². The van der Waals surface area contributed by atoms with Gasteiger partial charge in [0.05, 0.1) is 23.6 Å². The number of aliphatic carboxylic acids is 1. The van der Waals surface area contributed by atoms with E-state index in [0.717, 1.165) is 22.6 Å². The smallest absolute Gasteiger partial charge is 0.303 e. The number of carbonyl (C=O) groups is 1. The van der Waals surface area contributed by atoms with Crippen LogP contribution in [0, 0.1) is 0 Å². The summed E-state index contributed by atoms with van der Waals surface area (Å²) in [7, 11) is 0. The number of rotatable bonds is 7. The molecule has 0 atom stereocenters. The summed E-state index contributed by atoms with van der Waals surface area (Å²) in [6.07, 6.45) is 2.35. The van der Waals surface area contributed by atoms with E-state index in [1.807, 2.05) is 36.6 Å². The molecule has 0 bridgehead atoms. The van der Waals surface area contributed by atoms with Crippen LogP contribution in [-0.2, 0) is 17.8 Å². The van der Waals surface area contributed by atoms with Crippen LogP contribution in [0.1, 0.15) is 26.1 Å². The molecule has 0 amide bonds. The van der Waals surface area contributed by atoms with Crippen molar-refractivity contribution < 1.29 is 14.6 Å². The van der Waals surface area contributed by atoms with Gasteiger partial charge in [-0.2, -0.15) is 0 Å². The summed E-state index contributed by atoms with van der Waals surface area (Å²) >= 11 is 0. The van der Waals surface area contributed by atoms with Crippen molar-refractivity contribution in [3.8, 4) is 5.75 Å². The Balaban J connectivity index is 2.40. The highest BCUT2D eigenvalue weighted by Gasteiger charge is 2.12. The third-order valence-electron chi connectivity index (χ3n) is 3.04. The summed E-state index contributed by atoms with van der Waals surface area (Å²) < 4.78 is 7.66. The minimum Gasteiger partial charge on any atom is -0.491 e. The lowest BCUT2D eigenvalue weighted by Gasteiger charge is -2.09. The van der Waals surface area contributed by atoms with Gasteiger partial charge >= 0.3 is 5.97 Å². The Hall–Kier alpha value is -2.30. The summed E-state index contributed by atoms with van der Waals surface area (Å²) in [5.41, 5.74) is 1.78. The maximum absolute atomic E-state index is 10.8. The van der Waals surface area contributed by atoms with Crippen molar-refractivity contribution in [2.45, 2.75) is 39.3 Å². The van der Waals surface area contributed by atoms with Gasteiger partial charge < -0.3 is 14.4 Å². The molecule has 0 unspecified atom stereocenters. The third-order valence-corrected chi connectivity index (χ3v) is 3.04. The molecule has 1 aromatic carbocycles. The first-order valence-corrected chi connectivity index (χ1v) is 6.99. The van der Waals surface area contributed by atoms with Gasteiger partial charge in [-0.25, -0.2) is 4.98 Å². The third kappa shape index (κ3) is 3.62. The van der Waals surface area contributed by atoms with E-state index in [-0.39, 0.29) is 12.5 Å². The van der Waals surface area contributed by atoms with Crippen molar-refractivity contribution in [2.75, 3.05) is 0 Å². The molecule has 5 nitrogen and oxygen atoms in total. The van der Waals surface area contributed by atoms with Gasteiger partial charge in [-0.05, 0) is 26.0 Å². The molecule has 0 aliphatic rings. The summed E-state index contributed by atoms with van der Waals surface area (Å²) in [6, 6.07) is 5.75. The molecule has 21 heavy (non-hydrogen) atoms. The first kappa shape index (κ1) is 15.1. The van der Waals surface area contributed by atoms with Gasteiger partial charge in [0.25, 0.3) is 0 Å². The second kappa shape index (κ2) is 6.43. The predicted octanol–water partition coefficient (Wildman–Crippen LogP) is 3.03. The maximum atomic E-state index is 10.8. The van der Waals surface area contributed by atoms with Crippen molar-refractivity contribution in [3.63, 3.8) is 0 Å². The van der Waals surface area contributed by atoms with Crippen LogP contribution in [0.4, 0.5) is 0 Å². The zero-order chi connectivity index (χ0) is 15.4. The first-order chi connectivity index (χ1) is 10.0. The molecule has 2 aromatic rings. The number of hydrogen-bond acceptors (Lipinski definition) is 3. The van der Waals surface area contributed by atoms with E-state index in [1.54, 1.807) is 6.08 Å². The van der Waals surface area contributed by atoms with Crippen LogP contribution in [0.25, 0.3) is 11.0 Å². The number of hydrogen-bond donors (Lipinski definition) is 1. The number of carboxylic acids is 1. The zero-order valence-electron chi connectivity index (χ0n) is 12.4. The van der Waals surface area contributed by atoms with Gasteiger partial charge in [0.1, 0.15) is 11.6 Å². The second-order valence-corrected chi connectivity index (χ2v) is 5.14. The van der Waals surface area contributed by atoms with Crippen molar-refractivity contribution in [3.05, 3.63) is 36.7 Å². The fourth-order valence-corrected chi connectivity index (χ4v) is 2.25. The quantitative estimate of drug-likeness (QED) is 0.795. The van der Waals surface area contributed by atoms with E-state index in [0.29, 0.717) is 13.0 Å². The van der Waals surface area contributed by atoms with Crippen molar-refractivity contribution in [1.82, 2.24) is 9.55 Å². The monoisotopic (exact) mass is 288 g/mol. The van der Waals surface area contributed by atoms with E-state index in [4.69, 9.17) is 9.84 Å². The largest absolute Gasteiger partial charge is 0.491 e. The average molecular weight is 288 g/mol. The Morgan fingerprint density at radius 2 is 2.29 bits per heavy atom. The SMILES string of the molecule is C=CCn1c(CCC(=O)O)nc2cc(OC(C)C)ccc21. The molecular formula is C16H20N2O3. The molecule has 2 rings (SSSR count). The Morgan fingerprint density at radius 3 is 2.90 bits per heavy atom. The molecule has 0 spiro atoms. The van der Waals surface area contributed by atoms with Crippen molar-refractivity contribution in [2.24, 2.45) is 0 Å². The lowest BCUT2D eigenvalue weighted by Crippen LogP contribution is -2.06. The fourth-order valence-electron chi connectivity index (χ4n) is 2.25. The maximum Gasteiger partial charge on any atom is 0.303 e. The summed E-state index contributed by atoms with van der Waals surface area (Å²) in [5, 5.41) is 8.84. The number of carboxylic acid groups (broad SMARTS) is 1. The number of imidazole rings is 1. The zero-order valence-corrected chi connectivity index (χ0v) is 12.4. The highest BCUT2D eigenvalue weighted by atomic mass is 16.5. The molecule has 0 saturated carbocycles. The number of benzene rings is 1. The number of ether oxygens (including phenoxy) is 1. The van der Waals surface area contributed by atoms with E-state index < -0.39 is 5.97 Å². The van der Waals surface area contributed by atoms with Gasteiger partial charge in [-0.3, -0.25) is 4.79 Å². The van der Waals surface area contributed by atoms with Crippen LogP contribution in [0.2, 0.25) is 0 Å². The average Bonchev–Trinajstić information content (AvgIpc) is 2.74. The standard InChI is InChI=1S/C16H20N2O3/c1-4-9-18-14-6-5-12(21-11(2)3)10-13(14)17-15(18)7-8-16(19)20/h4-6,10-11H,1,7-9H2,2-3H3,(H,19,20). The molecular weight excluding hydrogens is 268 g/mol. The van der Waals surface area contributed by atoms with Crippen molar-refractivity contribution >= 4 is 17.0 Å². The fraction of sp³-hybridized carbons (Fsp3) is 0.375.